The number of fused-ring (bicyclic) bond motifs is 1. The SMILES string of the molecule is CCC[C@H](NC(=O)[C@@H]1[C@H]2CCC[C@H]2CN1C(=O)[C@@H](NC(=O)C1(NC(=O)C2=CN=CCN2C)CCCCC1)C(C)(C)C)C(=O)C(=O)NC1CC1. The van der Waals surface area contributed by atoms with Gasteiger partial charge in [-0.1, -0.05) is 59.8 Å². The van der Waals surface area contributed by atoms with Crippen LogP contribution in [0.1, 0.15) is 105 Å². The minimum atomic E-state index is -1.20. The molecule has 5 atom stereocenters. The third-order valence-corrected chi connectivity index (χ3v) is 11.0. The number of nitrogens with zero attached hydrogens (tertiary/aromatic N) is 3. The summed E-state index contributed by atoms with van der Waals surface area (Å²) in [4.78, 5) is 89.8. The second-order valence-corrected chi connectivity index (χ2v) is 15.8. The summed E-state index contributed by atoms with van der Waals surface area (Å²) in [5, 5.41) is 11.7. The Morgan fingerprint density at radius 3 is 2.33 bits per heavy atom. The second-order valence-electron chi connectivity index (χ2n) is 15.8. The van der Waals surface area contributed by atoms with Gasteiger partial charge in [-0.3, -0.25) is 33.8 Å². The number of amides is 5. The van der Waals surface area contributed by atoms with Gasteiger partial charge in [0.05, 0.1) is 18.8 Å². The van der Waals surface area contributed by atoms with Crippen LogP contribution in [0, 0.1) is 17.3 Å². The molecule has 0 spiro atoms. The Kier molecular flexibility index (Phi) is 11.2. The number of hydrogen-bond acceptors (Lipinski definition) is 8. The molecule has 13 nitrogen and oxygen atoms in total. The largest absolute Gasteiger partial charge is 0.364 e. The quantitative estimate of drug-likeness (QED) is 0.228. The third-order valence-electron chi connectivity index (χ3n) is 11.0. The molecule has 49 heavy (non-hydrogen) atoms. The molecule has 1 saturated heterocycles. The van der Waals surface area contributed by atoms with Gasteiger partial charge in [0.1, 0.15) is 23.3 Å². The smallest absolute Gasteiger partial charge is 0.289 e. The highest BCUT2D eigenvalue weighted by Gasteiger charge is 2.53. The number of nitrogens with one attached hydrogen (secondary N) is 4. The van der Waals surface area contributed by atoms with Crippen molar-refractivity contribution in [2.75, 3.05) is 20.1 Å². The number of Topliss-reactive ketones (excluding diaryl/α,β-unsaturated/α-hetero) is 1. The number of carbonyl (C=O) groups is 6. The summed E-state index contributed by atoms with van der Waals surface area (Å²) < 4.78 is 0. The molecular formula is C36H55N7O6. The number of carbonyl (C=O) groups excluding carboxylic acids is 6. The summed E-state index contributed by atoms with van der Waals surface area (Å²) in [6.07, 6.45) is 11.7. The Balaban J connectivity index is 1.36. The zero-order valence-electron chi connectivity index (χ0n) is 29.8. The topological polar surface area (TPSA) is 169 Å². The zero-order chi connectivity index (χ0) is 35.5. The van der Waals surface area contributed by atoms with Gasteiger partial charge in [0.25, 0.3) is 11.8 Å². The van der Waals surface area contributed by atoms with Crippen LogP contribution in [-0.4, -0.2) is 101 Å². The number of aliphatic imine (C=N–C) groups is 1. The van der Waals surface area contributed by atoms with Gasteiger partial charge in [-0.2, -0.15) is 0 Å². The first-order valence-corrected chi connectivity index (χ1v) is 18.3. The molecule has 5 aliphatic rings. The number of likely N-dealkylation sites (tertiary alicyclic amines) is 1. The maximum Gasteiger partial charge on any atom is 0.289 e. The molecule has 270 valence electrons. The van der Waals surface area contributed by atoms with Gasteiger partial charge in [-0.05, 0) is 62.2 Å². The highest BCUT2D eigenvalue weighted by atomic mass is 16.2. The van der Waals surface area contributed by atoms with Crippen molar-refractivity contribution >= 4 is 41.5 Å². The molecule has 4 fully saturated rings. The summed E-state index contributed by atoms with van der Waals surface area (Å²) in [6, 6.07) is -2.77. The Labute approximate surface area is 289 Å². The van der Waals surface area contributed by atoms with Crippen molar-refractivity contribution in [1.29, 1.82) is 0 Å². The molecule has 3 aliphatic carbocycles. The Hall–Kier alpha value is -3.77. The van der Waals surface area contributed by atoms with Crippen LogP contribution in [-0.2, 0) is 28.8 Å². The lowest BCUT2D eigenvalue weighted by Gasteiger charge is -2.41. The molecule has 13 heteroatoms. The number of likely N-dealkylation sites (N-methyl/N-ethyl adjacent to an activating group) is 1. The second kappa shape index (κ2) is 15.0. The molecule has 0 bridgehead atoms. The van der Waals surface area contributed by atoms with Crippen LogP contribution in [0.15, 0.2) is 16.9 Å². The number of rotatable bonds is 12. The fourth-order valence-corrected chi connectivity index (χ4v) is 7.98. The Morgan fingerprint density at radius 1 is 0.980 bits per heavy atom. The first-order chi connectivity index (χ1) is 23.3. The van der Waals surface area contributed by atoms with Gasteiger partial charge in [0, 0.05) is 25.8 Å². The highest BCUT2D eigenvalue weighted by Crippen LogP contribution is 2.43. The predicted octanol–water partition coefficient (Wildman–Crippen LogP) is 1.95. The van der Waals surface area contributed by atoms with Crippen LogP contribution in [0.2, 0.25) is 0 Å². The number of ketones is 1. The molecule has 5 rings (SSSR count). The van der Waals surface area contributed by atoms with E-state index in [2.05, 4.69) is 26.3 Å². The summed E-state index contributed by atoms with van der Waals surface area (Å²) in [6.45, 7) is 8.38. The first kappa shape index (κ1) is 36.5. The standard InChI is InChI=1S/C36H55N7O6/c1-6-11-25(28(44)32(47)38-23-14-15-23)39-31(46)27-24-13-10-12-22(24)21-43(27)33(48)29(35(2,3)4)40-34(49)36(16-8-7-9-17-36)41-30(45)26-20-37-18-19-42(26)5/h18,20,22-25,27,29H,6-17,19,21H2,1-5H3,(H,38,47)(H,39,46)(H,40,49)(H,41,45)/t22-,24-,25-,27-,29+/m0/s1. The van der Waals surface area contributed by atoms with E-state index in [1.807, 2.05) is 27.7 Å². The van der Waals surface area contributed by atoms with Crippen molar-refractivity contribution in [2.45, 2.75) is 134 Å². The molecule has 0 aromatic carbocycles. The van der Waals surface area contributed by atoms with E-state index >= 15 is 0 Å². The summed E-state index contributed by atoms with van der Waals surface area (Å²) in [5.41, 5.74) is -1.56. The third kappa shape index (κ3) is 8.17. The van der Waals surface area contributed by atoms with Gasteiger partial charge < -0.3 is 31.1 Å². The summed E-state index contributed by atoms with van der Waals surface area (Å²) >= 11 is 0. The zero-order valence-corrected chi connectivity index (χ0v) is 29.8. The first-order valence-electron chi connectivity index (χ1n) is 18.3. The van der Waals surface area contributed by atoms with E-state index in [1.165, 1.54) is 6.20 Å². The monoisotopic (exact) mass is 681 g/mol. The minimum absolute atomic E-state index is 0.0158. The van der Waals surface area contributed by atoms with E-state index < -0.39 is 52.6 Å². The van der Waals surface area contributed by atoms with E-state index in [-0.39, 0.29) is 29.7 Å². The van der Waals surface area contributed by atoms with Gasteiger partial charge in [-0.15, -0.1) is 0 Å². The lowest BCUT2D eigenvalue weighted by molar-refractivity contribution is -0.147. The van der Waals surface area contributed by atoms with Crippen LogP contribution in [0.5, 0.6) is 0 Å². The van der Waals surface area contributed by atoms with Crippen molar-refractivity contribution < 1.29 is 28.8 Å². The molecule has 0 radical (unpaired) electrons. The van der Waals surface area contributed by atoms with Crippen LogP contribution < -0.4 is 21.3 Å². The van der Waals surface area contributed by atoms with Crippen molar-refractivity contribution in [1.82, 2.24) is 31.1 Å². The Morgan fingerprint density at radius 2 is 1.69 bits per heavy atom. The average molecular weight is 682 g/mol. The maximum atomic E-state index is 14.6. The maximum absolute atomic E-state index is 14.6. The van der Waals surface area contributed by atoms with Crippen molar-refractivity contribution in [3.05, 3.63) is 11.9 Å². The van der Waals surface area contributed by atoms with Crippen LogP contribution in [0.3, 0.4) is 0 Å². The van der Waals surface area contributed by atoms with Crippen molar-refractivity contribution in [3.63, 3.8) is 0 Å². The molecule has 2 aliphatic heterocycles. The van der Waals surface area contributed by atoms with E-state index in [1.54, 1.807) is 23.1 Å². The van der Waals surface area contributed by atoms with Crippen LogP contribution in [0.25, 0.3) is 0 Å². The predicted molar refractivity (Wildman–Crippen MR) is 184 cm³/mol. The van der Waals surface area contributed by atoms with Gasteiger partial charge in [-0.25, -0.2) is 0 Å². The summed E-state index contributed by atoms with van der Waals surface area (Å²) in [7, 11) is 1.79. The van der Waals surface area contributed by atoms with E-state index in [0.717, 1.165) is 51.4 Å². The minimum Gasteiger partial charge on any atom is -0.364 e. The van der Waals surface area contributed by atoms with Gasteiger partial charge in [0.2, 0.25) is 23.5 Å². The normalized spacial score (nSPS) is 25.8. The van der Waals surface area contributed by atoms with E-state index in [9.17, 15) is 28.8 Å². The Bertz CT molecular complexity index is 1380. The summed E-state index contributed by atoms with van der Waals surface area (Å²) in [5.74, 6) is -2.89. The molecule has 5 amide bonds. The molecule has 0 aromatic rings. The molecule has 2 heterocycles. The van der Waals surface area contributed by atoms with Crippen LogP contribution >= 0.6 is 0 Å². The van der Waals surface area contributed by atoms with E-state index in [4.69, 9.17) is 0 Å². The highest BCUT2D eigenvalue weighted by molar-refractivity contribution is 6.38. The molecule has 0 aromatic heterocycles. The van der Waals surface area contributed by atoms with Crippen LogP contribution in [0.4, 0.5) is 0 Å². The van der Waals surface area contributed by atoms with Gasteiger partial charge in [0.15, 0.2) is 0 Å². The molecule has 4 N–H and O–H groups in total. The fraction of sp³-hybridized carbons (Fsp3) is 0.750. The number of hydrogen-bond donors (Lipinski definition) is 4. The van der Waals surface area contributed by atoms with Crippen molar-refractivity contribution in [3.8, 4) is 0 Å². The lowest BCUT2D eigenvalue weighted by Crippen LogP contribution is -2.66. The lowest BCUT2D eigenvalue weighted by atomic mass is 9.79. The average Bonchev–Trinajstić information content (AvgIpc) is 3.62. The fourth-order valence-electron chi connectivity index (χ4n) is 7.98. The van der Waals surface area contributed by atoms with E-state index in [0.29, 0.717) is 44.5 Å². The van der Waals surface area contributed by atoms with Gasteiger partial charge >= 0.3 is 0 Å². The molecule has 3 saturated carbocycles. The molecule has 0 unspecified atom stereocenters. The molecular weight excluding hydrogens is 626 g/mol. The van der Waals surface area contributed by atoms with Crippen molar-refractivity contribution in [2.24, 2.45) is 22.2 Å².